The molecule has 0 spiro atoms. The Hall–Kier alpha value is -1.02. The molecule has 2 heteroatoms. The smallest absolute Gasteiger partial charge is 0.119 e. The summed E-state index contributed by atoms with van der Waals surface area (Å²) in [6.07, 6.45) is 3.56. The van der Waals surface area contributed by atoms with Gasteiger partial charge in [-0.1, -0.05) is 13.0 Å². The summed E-state index contributed by atoms with van der Waals surface area (Å²) in [5.41, 5.74) is 8.81. The maximum Gasteiger partial charge on any atom is 0.119 e. The van der Waals surface area contributed by atoms with Crippen LogP contribution in [0, 0.1) is 5.92 Å². The Balaban J connectivity index is 2.37. The van der Waals surface area contributed by atoms with E-state index in [2.05, 4.69) is 25.1 Å². The summed E-state index contributed by atoms with van der Waals surface area (Å²) in [6, 6.07) is 6.48. The fraction of sp³-hybridized carbons (Fsp3) is 0.571. The van der Waals surface area contributed by atoms with E-state index in [9.17, 15) is 0 Å². The minimum absolute atomic E-state index is 0.615. The van der Waals surface area contributed by atoms with Gasteiger partial charge in [0, 0.05) is 0 Å². The highest BCUT2D eigenvalue weighted by molar-refractivity contribution is 5.40. The van der Waals surface area contributed by atoms with Crippen molar-refractivity contribution in [2.24, 2.45) is 11.7 Å². The fourth-order valence-electron chi connectivity index (χ4n) is 2.90. The van der Waals surface area contributed by atoms with E-state index in [1.807, 2.05) is 0 Å². The number of fused-ring (bicyclic) bond motifs is 1. The molecule has 0 aromatic heterocycles. The van der Waals surface area contributed by atoms with Crippen molar-refractivity contribution in [1.29, 1.82) is 0 Å². The lowest BCUT2D eigenvalue weighted by Gasteiger charge is -2.32. The number of ether oxygens (including phenoxy) is 1. The summed E-state index contributed by atoms with van der Waals surface area (Å²) in [7, 11) is 1.73. The Morgan fingerprint density at radius 2 is 2.25 bits per heavy atom. The number of nitrogens with two attached hydrogens (primary N) is 1. The van der Waals surface area contributed by atoms with Crippen LogP contribution in [0.25, 0.3) is 0 Å². The van der Waals surface area contributed by atoms with E-state index in [0.717, 1.165) is 18.7 Å². The summed E-state index contributed by atoms with van der Waals surface area (Å²) in [5, 5.41) is 0. The van der Waals surface area contributed by atoms with Gasteiger partial charge in [-0.2, -0.15) is 0 Å². The van der Waals surface area contributed by atoms with Gasteiger partial charge in [-0.3, -0.25) is 0 Å². The van der Waals surface area contributed by atoms with Crippen LogP contribution in [0.15, 0.2) is 18.2 Å². The van der Waals surface area contributed by atoms with Gasteiger partial charge < -0.3 is 10.5 Å². The first-order valence-corrected chi connectivity index (χ1v) is 6.17. The zero-order valence-corrected chi connectivity index (χ0v) is 10.2. The Bertz CT molecular complexity index is 362. The van der Waals surface area contributed by atoms with Gasteiger partial charge in [-0.25, -0.2) is 0 Å². The summed E-state index contributed by atoms with van der Waals surface area (Å²) in [6.45, 7) is 3.05. The third-order valence-corrected chi connectivity index (χ3v) is 3.85. The molecule has 1 aromatic rings. The van der Waals surface area contributed by atoms with Crippen molar-refractivity contribution in [3.05, 3.63) is 29.3 Å². The molecule has 0 amide bonds. The Morgan fingerprint density at radius 1 is 1.44 bits per heavy atom. The van der Waals surface area contributed by atoms with Crippen molar-refractivity contribution in [3.63, 3.8) is 0 Å². The van der Waals surface area contributed by atoms with Crippen molar-refractivity contribution in [2.75, 3.05) is 13.7 Å². The molecule has 0 bridgehead atoms. The summed E-state index contributed by atoms with van der Waals surface area (Å²) in [4.78, 5) is 0. The third-order valence-electron chi connectivity index (χ3n) is 3.85. The van der Waals surface area contributed by atoms with Crippen molar-refractivity contribution in [1.82, 2.24) is 0 Å². The lowest BCUT2D eigenvalue weighted by molar-refractivity contribution is 0.367. The molecule has 0 saturated heterocycles. The maximum atomic E-state index is 5.87. The van der Waals surface area contributed by atoms with Crippen molar-refractivity contribution < 1.29 is 4.74 Å². The number of benzene rings is 1. The lowest BCUT2D eigenvalue weighted by atomic mass is 9.74. The molecule has 0 fully saturated rings. The highest BCUT2D eigenvalue weighted by Crippen LogP contribution is 2.39. The third kappa shape index (κ3) is 1.94. The van der Waals surface area contributed by atoms with E-state index >= 15 is 0 Å². The molecule has 2 atom stereocenters. The molecule has 0 radical (unpaired) electrons. The van der Waals surface area contributed by atoms with Crippen molar-refractivity contribution in [2.45, 2.75) is 32.1 Å². The molecule has 1 aliphatic rings. The van der Waals surface area contributed by atoms with Crippen LogP contribution in [0.5, 0.6) is 5.75 Å². The second-order valence-corrected chi connectivity index (χ2v) is 4.61. The molecular formula is C14H21NO. The van der Waals surface area contributed by atoms with Crippen LogP contribution in [0.3, 0.4) is 0 Å². The molecule has 2 unspecified atom stereocenters. The van der Waals surface area contributed by atoms with Gasteiger partial charge in [0.05, 0.1) is 7.11 Å². The molecular weight excluding hydrogens is 198 g/mol. The number of hydrogen-bond donors (Lipinski definition) is 1. The average molecular weight is 219 g/mol. The molecule has 0 heterocycles. The van der Waals surface area contributed by atoms with E-state index in [0.29, 0.717) is 11.8 Å². The van der Waals surface area contributed by atoms with Gasteiger partial charge in [-0.05, 0) is 60.9 Å². The first kappa shape index (κ1) is 11.5. The van der Waals surface area contributed by atoms with Crippen molar-refractivity contribution in [3.8, 4) is 5.75 Å². The van der Waals surface area contributed by atoms with Crippen LogP contribution in [0.1, 0.15) is 36.8 Å². The second kappa shape index (κ2) is 4.88. The number of rotatable bonds is 3. The van der Waals surface area contributed by atoms with Crippen LogP contribution >= 0.6 is 0 Å². The van der Waals surface area contributed by atoms with E-state index < -0.39 is 0 Å². The quantitative estimate of drug-likeness (QED) is 0.848. The fourth-order valence-corrected chi connectivity index (χ4v) is 2.90. The van der Waals surface area contributed by atoms with Crippen LogP contribution in [-0.2, 0) is 6.42 Å². The lowest BCUT2D eigenvalue weighted by Crippen LogP contribution is -2.26. The second-order valence-electron chi connectivity index (χ2n) is 4.61. The van der Waals surface area contributed by atoms with E-state index in [1.165, 1.54) is 24.0 Å². The summed E-state index contributed by atoms with van der Waals surface area (Å²) >= 11 is 0. The Morgan fingerprint density at radius 3 is 2.88 bits per heavy atom. The van der Waals surface area contributed by atoms with E-state index in [-0.39, 0.29) is 0 Å². The first-order valence-electron chi connectivity index (χ1n) is 6.17. The number of hydrogen-bond acceptors (Lipinski definition) is 2. The highest BCUT2D eigenvalue weighted by atomic mass is 16.5. The molecule has 1 aliphatic carbocycles. The Labute approximate surface area is 97.8 Å². The number of aryl methyl sites for hydroxylation is 1. The largest absolute Gasteiger partial charge is 0.497 e. The molecule has 16 heavy (non-hydrogen) atoms. The van der Waals surface area contributed by atoms with Gasteiger partial charge in [-0.15, -0.1) is 0 Å². The molecule has 0 aliphatic heterocycles. The predicted octanol–water partition coefficient (Wildman–Crippen LogP) is 2.71. The van der Waals surface area contributed by atoms with Crippen LogP contribution in [0.2, 0.25) is 0 Å². The van der Waals surface area contributed by atoms with E-state index in [4.69, 9.17) is 10.5 Å². The van der Waals surface area contributed by atoms with Crippen LogP contribution in [0.4, 0.5) is 0 Å². The van der Waals surface area contributed by atoms with Crippen molar-refractivity contribution >= 4 is 0 Å². The molecule has 2 N–H and O–H groups in total. The predicted molar refractivity (Wildman–Crippen MR) is 66.9 cm³/mol. The van der Waals surface area contributed by atoms with E-state index in [1.54, 1.807) is 7.11 Å². The summed E-state index contributed by atoms with van der Waals surface area (Å²) in [5.74, 6) is 2.23. The SMILES string of the molecule is CCC1c2cc(OC)ccc2CCC1CN. The monoisotopic (exact) mass is 219 g/mol. The Kier molecular flexibility index (Phi) is 3.49. The molecule has 2 nitrogen and oxygen atoms in total. The van der Waals surface area contributed by atoms with Gasteiger partial charge in [0.15, 0.2) is 0 Å². The molecule has 0 saturated carbocycles. The zero-order valence-electron chi connectivity index (χ0n) is 10.2. The molecule has 88 valence electrons. The van der Waals surface area contributed by atoms with Gasteiger partial charge >= 0.3 is 0 Å². The average Bonchev–Trinajstić information content (AvgIpc) is 2.36. The van der Waals surface area contributed by atoms with Crippen LogP contribution < -0.4 is 10.5 Å². The number of methoxy groups -OCH3 is 1. The molecule has 2 rings (SSSR count). The van der Waals surface area contributed by atoms with Gasteiger partial charge in [0.25, 0.3) is 0 Å². The zero-order chi connectivity index (χ0) is 11.5. The summed E-state index contributed by atoms with van der Waals surface area (Å²) < 4.78 is 5.31. The van der Waals surface area contributed by atoms with Gasteiger partial charge in [0.2, 0.25) is 0 Å². The topological polar surface area (TPSA) is 35.2 Å². The minimum atomic E-state index is 0.615. The minimum Gasteiger partial charge on any atom is -0.497 e. The van der Waals surface area contributed by atoms with Gasteiger partial charge in [0.1, 0.15) is 5.75 Å². The highest BCUT2D eigenvalue weighted by Gasteiger charge is 2.27. The first-order chi connectivity index (χ1) is 7.80. The standard InChI is InChI=1S/C14H21NO/c1-3-13-11(9-15)5-4-10-6-7-12(16-2)8-14(10)13/h6-8,11,13H,3-5,9,15H2,1-2H3. The molecule has 1 aromatic carbocycles. The van der Waals surface area contributed by atoms with Crippen LogP contribution in [-0.4, -0.2) is 13.7 Å². The maximum absolute atomic E-state index is 5.87. The normalized spacial score (nSPS) is 23.9.